The van der Waals surface area contributed by atoms with E-state index in [1.165, 1.54) is 6.20 Å². The third-order valence-electron chi connectivity index (χ3n) is 1.14. The number of aromatic carboxylic acids is 1. The first-order valence-corrected chi connectivity index (χ1v) is 4.60. The van der Waals surface area contributed by atoms with E-state index < -0.39 is 5.97 Å². The Bertz CT molecular complexity index is 343. The van der Waals surface area contributed by atoms with E-state index >= 15 is 0 Å². The molecule has 0 aliphatic heterocycles. The van der Waals surface area contributed by atoms with Crippen molar-refractivity contribution in [3.63, 3.8) is 0 Å². The van der Waals surface area contributed by atoms with Crippen molar-refractivity contribution in [1.29, 1.82) is 0 Å². The van der Waals surface area contributed by atoms with Gasteiger partial charge >= 0.3 is 5.97 Å². The molecule has 12 heavy (non-hydrogen) atoms. The quantitative estimate of drug-likeness (QED) is 0.640. The first-order chi connectivity index (χ1) is 5.54. The van der Waals surface area contributed by atoms with E-state index in [4.69, 9.17) is 28.3 Å². The maximum absolute atomic E-state index is 10.6. The summed E-state index contributed by atoms with van der Waals surface area (Å²) in [6, 6.07) is 0. The number of halogens is 3. The maximum Gasteiger partial charge on any atom is 0.340 e. The summed E-state index contributed by atoms with van der Waals surface area (Å²) in [6.07, 6.45) is 1.41. The molecule has 0 unspecified atom stereocenters. The smallest absolute Gasteiger partial charge is 0.340 e. The van der Waals surface area contributed by atoms with Gasteiger partial charge in [0, 0.05) is 6.20 Å². The van der Waals surface area contributed by atoms with Crippen LogP contribution in [0.25, 0.3) is 0 Å². The van der Waals surface area contributed by atoms with Crippen LogP contribution in [0.5, 0.6) is 0 Å². The van der Waals surface area contributed by atoms with Gasteiger partial charge in [-0.3, -0.25) is 0 Å². The van der Waals surface area contributed by atoms with E-state index in [-0.39, 0.29) is 15.7 Å². The lowest BCUT2D eigenvalue weighted by Gasteiger charge is -2.01. The normalized spacial score (nSPS) is 9.92. The molecule has 0 atom stereocenters. The highest BCUT2D eigenvalue weighted by Crippen LogP contribution is 2.26. The average molecular weight is 318 g/mol. The highest BCUT2D eigenvalue weighted by atomic mass is 127. The van der Waals surface area contributed by atoms with Crippen LogP contribution < -0.4 is 0 Å². The summed E-state index contributed by atoms with van der Waals surface area (Å²) in [7, 11) is 0. The molecule has 0 saturated carbocycles. The molecule has 3 nitrogen and oxygen atoms in total. The molecule has 0 radical (unpaired) electrons. The summed E-state index contributed by atoms with van der Waals surface area (Å²) in [5.41, 5.74) is -0.148. The lowest BCUT2D eigenvalue weighted by molar-refractivity contribution is 0.0697. The molecule has 1 rings (SSSR count). The molecule has 0 aliphatic rings. The lowest BCUT2D eigenvalue weighted by Crippen LogP contribution is -2.01. The van der Waals surface area contributed by atoms with Gasteiger partial charge in [0.1, 0.15) is 10.7 Å². The Morgan fingerprint density at radius 2 is 2.17 bits per heavy atom. The van der Waals surface area contributed by atoms with Crippen molar-refractivity contribution in [2.75, 3.05) is 0 Å². The van der Waals surface area contributed by atoms with Gasteiger partial charge in [0.2, 0.25) is 0 Å². The zero-order valence-corrected chi connectivity index (χ0v) is 9.18. The second kappa shape index (κ2) is 3.76. The number of nitrogens with zero attached hydrogens (tertiary/aromatic N) is 1. The van der Waals surface area contributed by atoms with Gasteiger partial charge in [0.25, 0.3) is 0 Å². The molecule has 0 bridgehead atoms. The van der Waals surface area contributed by atoms with Crippen molar-refractivity contribution in [3.8, 4) is 0 Å². The number of carbonyl (C=O) groups is 1. The van der Waals surface area contributed by atoms with Crippen molar-refractivity contribution in [3.05, 3.63) is 25.5 Å². The Labute approximate surface area is 91.8 Å². The predicted octanol–water partition coefficient (Wildman–Crippen LogP) is 2.69. The largest absolute Gasteiger partial charge is 0.478 e. The van der Waals surface area contributed by atoms with Crippen molar-refractivity contribution in [2.24, 2.45) is 0 Å². The minimum absolute atomic E-state index is 0.0899. The Balaban J connectivity index is 3.43. The third-order valence-corrected chi connectivity index (χ3v) is 2.96. The van der Waals surface area contributed by atoms with Crippen molar-refractivity contribution < 1.29 is 9.90 Å². The fourth-order valence-corrected chi connectivity index (χ4v) is 1.53. The van der Waals surface area contributed by atoms with E-state index in [1.54, 1.807) is 0 Å². The van der Waals surface area contributed by atoms with Gasteiger partial charge in [0.15, 0.2) is 0 Å². The third kappa shape index (κ3) is 1.81. The van der Waals surface area contributed by atoms with Crippen LogP contribution in [0.1, 0.15) is 10.4 Å². The van der Waals surface area contributed by atoms with Crippen LogP contribution in [0.3, 0.4) is 0 Å². The van der Waals surface area contributed by atoms with Crippen LogP contribution in [0.4, 0.5) is 0 Å². The number of carboxylic acid groups (broad SMARTS) is 1. The molecular formula is C6H2Cl2INO2. The first-order valence-electron chi connectivity index (χ1n) is 2.77. The van der Waals surface area contributed by atoms with Crippen molar-refractivity contribution in [2.45, 2.75) is 0 Å². The van der Waals surface area contributed by atoms with Gasteiger partial charge in [-0.1, -0.05) is 23.2 Å². The van der Waals surface area contributed by atoms with Crippen LogP contribution in [-0.4, -0.2) is 16.1 Å². The maximum atomic E-state index is 10.6. The van der Waals surface area contributed by atoms with E-state index in [0.29, 0.717) is 3.57 Å². The summed E-state index contributed by atoms with van der Waals surface area (Å²) >= 11 is 13.1. The number of aromatic nitrogens is 1. The van der Waals surface area contributed by atoms with Crippen LogP contribution in [0.2, 0.25) is 10.2 Å². The molecule has 0 fully saturated rings. The highest BCUT2D eigenvalue weighted by molar-refractivity contribution is 14.1. The SMILES string of the molecule is O=C(O)c1c(Cl)ncc(I)c1Cl. The molecule has 6 heteroatoms. The lowest BCUT2D eigenvalue weighted by atomic mass is 10.3. The minimum Gasteiger partial charge on any atom is -0.478 e. The average Bonchev–Trinajstić information content (AvgIpc) is 1.97. The Hall–Kier alpha value is -0.0700. The molecular weight excluding hydrogens is 316 g/mol. The summed E-state index contributed by atoms with van der Waals surface area (Å²) in [5.74, 6) is -1.17. The van der Waals surface area contributed by atoms with Gasteiger partial charge in [-0.2, -0.15) is 0 Å². The molecule has 1 heterocycles. The van der Waals surface area contributed by atoms with E-state index in [9.17, 15) is 4.79 Å². The Kier molecular flexibility index (Phi) is 3.14. The Morgan fingerprint density at radius 3 is 2.58 bits per heavy atom. The van der Waals surface area contributed by atoms with Gasteiger partial charge < -0.3 is 5.11 Å². The molecule has 1 N–H and O–H groups in total. The summed E-state index contributed by atoms with van der Waals surface area (Å²) in [6.45, 7) is 0. The number of rotatable bonds is 1. The molecule has 0 aliphatic carbocycles. The van der Waals surface area contributed by atoms with Crippen LogP contribution in [0, 0.1) is 3.57 Å². The summed E-state index contributed by atoms with van der Waals surface area (Å²) < 4.78 is 0.566. The highest BCUT2D eigenvalue weighted by Gasteiger charge is 2.16. The fourth-order valence-electron chi connectivity index (χ4n) is 0.627. The van der Waals surface area contributed by atoms with Crippen LogP contribution in [0.15, 0.2) is 6.20 Å². The molecule has 0 amide bonds. The van der Waals surface area contributed by atoms with Crippen LogP contribution in [-0.2, 0) is 0 Å². The fraction of sp³-hybridized carbons (Fsp3) is 0. The Morgan fingerprint density at radius 1 is 1.58 bits per heavy atom. The molecule has 0 saturated heterocycles. The van der Waals surface area contributed by atoms with Crippen molar-refractivity contribution in [1.82, 2.24) is 4.98 Å². The molecule has 1 aromatic heterocycles. The number of hydrogen-bond donors (Lipinski definition) is 1. The van der Waals surface area contributed by atoms with Crippen LogP contribution >= 0.6 is 45.8 Å². The number of hydrogen-bond acceptors (Lipinski definition) is 2. The molecule has 1 aromatic rings. The van der Waals surface area contributed by atoms with Gasteiger partial charge in [-0.15, -0.1) is 0 Å². The number of carboxylic acids is 1. The van der Waals surface area contributed by atoms with Gasteiger partial charge in [0.05, 0.1) is 8.59 Å². The van der Waals surface area contributed by atoms with Gasteiger partial charge in [-0.05, 0) is 22.6 Å². The molecule has 64 valence electrons. The monoisotopic (exact) mass is 317 g/mol. The summed E-state index contributed by atoms with van der Waals surface area (Å²) in [4.78, 5) is 14.2. The second-order valence-corrected chi connectivity index (χ2v) is 3.79. The van der Waals surface area contributed by atoms with E-state index in [0.717, 1.165) is 0 Å². The topological polar surface area (TPSA) is 50.2 Å². The predicted molar refractivity (Wildman–Crippen MR) is 53.9 cm³/mol. The summed E-state index contributed by atoms with van der Waals surface area (Å²) in [5, 5.41) is 8.70. The zero-order chi connectivity index (χ0) is 9.30. The first kappa shape index (κ1) is 10.0. The minimum atomic E-state index is -1.17. The molecule has 0 spiro atoms. The van der Waals surface area contributed by atoms with Crippen molar-refractivity contribution >= 4 is 51.8 Å². The van der Waals surface area contributed by atoms with E-state index in [1.807, 2.05) is 22.6 Å². The van der Waals surface area contributed by atoms with E-state index in [2.05, 4.69) is 4.98 Å². The molecule has 0 aromatic carbocycles. The number of pyridine rings is 1. The standard InChI is InChI=1S/C6H2Cl2INO2/c7-4-2(9)1-10-5(8)3(4)6(11)12/h1H,(H,11,12). The second-order valence-electron chi connectivity index (χ2n) is 1.89. The van der Waals surface area contributed by atoms with Gasteiger partial charge in [-0.25, -0.2) is 9.78 Å². The zero-order valence-electron chi connectivity index (χ0n) is 5.51.